The second-order valence-electron chi connectivity index (χ2n) is 4.52. The standard InChI is InChI=1S/C10H17N3O3/c1-10(2,15-3)9-12-8(16-13-9)7-4-6(14)5-11-7/h6-7,11,14H,4-5H2,1-3H3. The molecule has 1 aliphatic rings. The Hall–Kier alpha value is -0.980. The van der Waals surface area contributed by atoms with Crippen LogP contribution in [0.1, 0.15) is 38.0 Å². The maximum Gasteiger partial charge on any atom is 0.243 e. The summed E-state index contributed by atoms with van der Waals surface area (Å²) in [5.74, 6) is 1.03. The minimum Gasteiger partial charge on any atom is -0.392 e. The number of aliphatic hydroxyl groups excluding tert-OH is 1. The van der Waals surface area contributed by atoms with Crippen LogP contribution in [0.2, 0.25) is 0 Å². The quantitative estimate of drug-likeness (QED) is 0.775. The number of aliphatic hydroxyl groups is 1. The van der Waals surface area contributed by atoms with Gasteiger partial charge in [0.2, 0.25) is 11.7 Å². The summed E-state index contributed by atoms with van der Waals surface area (Å²) in [7, 11) is 1.60. The molecule has 2 N–H and O–H groups in total. The Morgan fingerprint density at radius 1 is 1.56 bits per heavy atom. The maximum absolute atomic E-state index is 9.40. The molecule has 0 aromatic carbocycles. The molecule has 0 saturated carbocycles. The third-order valence-electron chi connectivity index (χ3n) is 2.90. The fourth-order valence-corrected chi connectivity index (χ4v) is 1.62. The van der Waals surface area contributed by atoms with Crippen LogP contribution in [0.25, 0.3) is 0 Å². The van der Waals surface area contributed by atoms with Crippen LogP contribution in [0, 0.1) is 0 Å². The highest BCUT2D eigenvalue weighted by atomic mass is 16.5. The van der Waals surface area contributed by atoms with Gasteiger partial charge in [0.1, 0.15) is 5.60 Å². The van der Waals surface area contributed by atoms with Gasteiger partial charge in [-0.15, -0.1) is 0 Å². The number of nitrogens with zero attached hydrogens (tertiary/aromatic N) is 2. The molecule has 6 heteroatoms. The van der Waals surface area contributed by atoms with Crippen LogP contribution in [-0.4, -0.2) is 35.0 Å². The second kappa shape index (κ2) is 4.12. The van der Waals surface area contributed by atoms with Crippen molar-refractivity contribution in [2.75, 3.05) is 13.7 Å². The summed E-state index contributed by atoms with van der Waals surface area (Å²) in [6, 6.07) is -0.0519. The van der Waals surface area contributed by atoms with Gasteiger partial charge in [0.05, 0.1) is 12.1 Å². The fraction of sp³-hybridized carbons (Fsp3) is 0.800. The van der Waals surface area contributed by atoms with E-state index in [1.807, 2.05) is 13.8 Å². The zero-order valence-corrected chi connectivity index (χ0v) is 9.73. The molecule has 16 heavy (non-hydrogen) atoms. The summed E-state index contributed by atoms with van der Waals surface area (Å²) >= 11 is 0. The summed E-state index contributed by atoms with van der Waals surface area (Å²) in [6.45, 7) is 4.31. The van der Waals surface area contributed by atoms with Crippen LogP contribution in [0.5, 0.6) is 0 Å². The van der Waals surface area contributed by atoms with Crippen molar-refractivity contribution >= 4 is 0 Å². The van der Waals surface area contributed by atoms with Crippen molar-refractivity contribution in [1.82, 2.24) is 15.5 Å². The first kappa shape index (κ1) is 11.5. The first-order valence-electron chi connectivity index (χ1n) is 5.33. The predicted octanol–water partition coefficient (Wildman–Crippen LogP) is 0.346. The molecule has 2 unspecified atom stereocenters. The van der Waals surface area contributed by atoms with E-state index < -0.39 is 5.60 Å². The Kier molecular flexibility index (Phi) is 2.96. The summed E-state index contributed by atoms with van der Waals surface area (Å²) in [6.07, 6.45) is 0.269. The van der Waals surface area contributed by atoms with Gasteiger partial charge in [-0.3, -0.25) is 0 Å². The molecule has 1 saturated heterocycles. The molecular weight excluding hydrogens is 210 g/mol. The lowest BCUT2D eigenvalue weighted by atomic mass is 10.1. The summed E-state index contributed by atoms with van der Waals surface area (Å²) in [5, 5.41) is 16.4. The number of hydrogen-bond acceptors (Lipinski definition) is 6. The molecule has 0 amide bonds. The van der Waals surface area contributed by atoms with E-state index in [4.69, 9.17) is 9.26 Å². The SMILES string of the molecule is COC(C)(C)c1noc(C2CC(O)CN2)n1. The summed E-state index contributed by atoms with van der Waals surface area (Å²) < 4.78 is 10.4. The zero-order chi connectivity index (χ0) is 11.8. The number of methoxy groups -OCH3 is 1. The van der Waals surface area contributed by atoms with Crippen molar-refractivity contribution in [3.8, 4) is 0 Å². The molecule has 2 atom stereocenters. The highest BCUT2D eigenvalue weighted by Crippen LogP contribution is 2.25. The third kappa shape index (κ3) is 2.09. The molecule has 2 heterocycles. The van der Waals surface area contributed by atoms with Crippen LogP contribution < -0.4 is 5.32 Å². The van der Waals surface area contributed by atoms with E-state index in [1.165, 1.54) is 0 Å². The first-order chi connectivity index (χ1) is 7.53. The van der Waals surface area contributed by atoms with Crippen molar-refractivity contribution in [1.29, 1.82) is 0 Å². The van der Waals surface area contributed by atoms with E-state index in [2.05, 4.69) is 15.5 Å². The van der Waals surface area contributed by atoms with E-state index in [0.29, 0.717) is 24.7 Å². The molecule has 1 aromatic rings. The van der Waals surface area contributed by atoms with Gasteiger partial charge in [-0.2, -0.15) is 4.98 Å². The normalized spacial score (nSPS) is 26.2. The molecule has 0 aliphatic carbocycles. The zero-order valence-electron chi connectivity index (χ0n) is 9.73. The van der Waals surface area contributed by atoms with Gasteiger partial charge in [-0.25, -0.2) is 0 Å². The van der Waals surface area contributed by atoms with Crippen molar-refractivity contribution < 1.29 is 14.4 Å². The lowest BCUT2D eigenvalue weighted by molar-refractivity contribution is 0.00973. The van der Waals surface area contributed by atoms with Crippen molar-refractivity contribution in [3.63, 3.8) is 0 Å². The highest BCUT2D eigenvalue weighted by molar-refractivity contribution is 5.02. The van der Waals surface area contributed by atoms with E-state index in [1.54, 1.807) is 7.11 Å². The van der Waals surface area contributed by atoms with Crippen LogP contribution in [-0.2, 0) is 10.3 Å². The Morgan fingerprint density at radius 2 is 2.31 bits per heavy atom. The number of β-amino-alcohol motifs (C(OH)–C–C–N with tert-alkyl or cyclic N) is 1. The average Bonchev–Trinajstić information content (AvgIpc) is 2.85. The van der Waals surface area contributed by atoms with Crippen molar-refractivity contribution in [2.45, 2.75) is 38.0 Å². The molecule has 0 spiro atoms. The first-order valence-corrected chi connectivity index (χ1v) is 5.33. The molecule has 6 nitrogen and oxygen atoms in total. The Balaban J connectivity index is 2.14. The number of nitrogens with one attached hydrogen (secondary N) is 1. The van der Waals surface area contributed by atoms with Gasteiger partial charge >= 0.3 is 0 Å². The van der Waals surface area contributed by atoms with Crippen LogP contribution in [0.4, 0.5) is 0 Å². The van der Waals surface area contributed by atoms with Crippen molar-refractivity contribution in [2.24, 2.45) is 0 Å². The number of ether oxygens (including phenoxy) is 1. The summed E-state index contributed by atoms with van der Waals surface area (Å²) in [4.78, 5) is 4.29. The molecule has 0 bridgehead atoms. The number of hydrogen-bond donors (Lipinski definition) is 2. The Labute approximate surface area is 94.0 Å². The summed E-state index contributed by atoms with van der Waals surface area (Å²) in [5.41, 5.74) is -0.557. The minimum absolute atomic E-state index is 0.0519. The van der Waals surface area contributed by atoms with Crippen LogP contribution in [0.15, 0.2) is 4.52 Å². The molecule has 1 aromatic heterocycles. The topological polar surface area (TPSA) is 80.4 Å². The molecule has 0 radical (unpaired) electrons. The van der Waals surface area contributed by atoms with Gasteiger partial charge in [-0.05, 0) is 20.3 Å². The highest BCUT2D eigenvalue weighted by Gasteiger charge is 2.31. The van der Waals surface area contributed by atoms with Crippen LogP contribution >= 0.6 is 0 Å². The van der Waals surface area contributed by atoms with Gasteiger partial charge in [0.25, 0.3) is 0 Å². The minimum atomic E-state index is -0.557. The maximum atomic E-state index is 9.40. The van der Waals surface area contributed by atoms with Gasteiger partial charge in [-0.1, -0.05) is 5.16 Å². The Bertz CT molecular complexity index is 364. The second-order valence-corrected chi connectivity index (χ2v) is 4.52. The number of aromatic nitrogens is 2. The smallest absolute Gasteiger partial charge is 0.243 e. The van der Waals surface area contributed by atoms with Gasteiger partial charge < -0.3 is 19.7 Å². The van der Waals surface area contributed by atoms with Crippen LogP contribution in [0.3, 0.4) is 0 Å². The fourth-order valence-electron chi connectivity index (χ4n) is 1.62. The monoisotopic (exact) mass is 227 g/mol. The van der Waals surface area contributed by atoms with Crippen molar-refractivity contribution in [3.05, 3.63) is 11.7 Å². The molecule has 1 aliphatic heterocycles. The van der Waals surface area contributed by atoms with Gasteiger partial charge in [0.15, 0.2) is 0 Å². The van der Waals surface area contributed by atoms with E-state index in [-0.39, 0.29) is 12.1 Å². The van der Waals surface area contributed by atoms with E-state index in [9.17, 15) is 5.11 Å². The largest absolute Gasteiger partial charge is 0.392 e. The average molecular weight is 227 g/mol. The molecule has 90 valence electrons. The predicted molar refractivity (Wildman–Crippen MR) is 55.7 cm³/mol. The molecule has 1 fully saturated rings. The third-order valence-corrected chi connectivity index (χ3v) is 2.90. The molecular formula is C10H17N3O3. The Morgan fingerprint density at radius 3 is 2.88 bits per heavy atom. The number of rotatable bonds is 3. The van der Waals surface area contributed by atoms with E-state index >= 15 is 0 Å². The van der Waals surface area contributed by atoms with E-state index in [0.717, 1.165) is 0 Å². The van der Waals surface area contributed by atoms with Gasteiger partial charge in [0, 0.05) is 13.7 Å². The lowest BCUT2D eigenvalue weighted by Crippen LogP contribution is -2.21. The molecule has 2 rings (SSSR count). The lowest BCUT2D eigenvalue weighted by Gasteiger charge is -2.17.